The average Bonchev–Trinajstić information content (AvgIpc) is 2.76. The van der Waals surface area contributed by atoms with Crippen molar-refractivity contribution in [3.05, 3.63) is 16.8 Å². The average molecular weight is 307 g/mol. The predicted molar refractivity (Wildman–Crippen MR) is 81.2 cm³/mol. The van der Waals surface area contributed by atoms with Crippen molar-refractivity contribution in [3.63, 3.8) is 0 Å². The van der Waals surface area contributed by atoms with Crippen molar-refractivity contribution < 1.29 is 14.6 Å². The van der Waals surface area contributed by atoms with Crippen molar-refractivity contribution >= 4 is 33.3 Å². The Hall–Kier alpha value is -1.73. The number of nitrogens with one attached hydrogen (secondary N) is 1. The third kappa shape index (κ3) is 2.36. The number of rotatable bonds is 5. The standard InChI is InChI=1S/C14H17N3O3S/c1-8-9-11(15-6-14(20-2)4-3-5-14)16-7-17-12(9)21-10(8)13(18)19/h7H,3-6H2,1-2H3,(H,18,19)(H,15,16,17). The number of carboxylic acids is 1. The Morgan fingerprint density at radius 2 is 2.29 bits per heavy atom. The topological polar surface area (TPSA) is 84.3 Å². The van der Waals surface area contributed by atoms with Crippen LogP contribution in [0.25, 0.3) is 10.2 Å². The summed E-state index contributed by atoms with van der Waals surface area (Å²) in [4.78, 5) is 20.7. The third-order valence-corrected chi connectivity index (χ3v) is 5.38. The van der Waals surface area contributed by atoms with E-state index in [1.807, 2.05) is 0 Å². The molecule has 7 heteroatoms. The maximum Gasteiger partial charge on any atom is 0.346 e. The minimum atomic E-state index is -0.922. The Bertz CT molecular complexity index is 689. The number of hydrogen-bond donors (Lipinski definition) is 2. The largest absolute Gasteiger partial charge is 0.477 e. The fraction of sp³-hybridized carbons (Fsp3) is 0.500. The molecule has 112 valence electrons. The van der Waals surface area contributed by atoms with Crippen LogP contribution in [0.3, 0.4) is 0 Å². The Labute approximate surface area is 126 Å². The van der Waals surface area contributed by atoms with Gasteiger partial charge in [0.15, 0.2) is 0 Å². The third-order valence-electron chi connectivity index (χ3n) is 4.20. The van der Waals surface area contributed by atoms with Crippen LogP contribution in [0.1, 0.15) is 34.5 Å². The molecule has 0 bridgehead atoms. The van der Waals surface area contributed by atoms with Crippen LogP contribution >= 0.6 is 11.3 Å². The Balaban J connectivity index is 1.93. The van der Waals surface area contributed by atoms with Gasteiger partial charge in [0, 0.05) is 13.7 Å². The zero-order valence-corrected chi connectivity index (χ0v) is 12.8. The molecule has 2 aromatic rings. The van der Waals surface area contributed by atoms with Gasteiger partial charge in [-0.05, 0) is 31.7 Å². The molecule has 21 heavy (non-hydrogen) atoms. The lowest BCUT2D eigenvalue weighted by Gasteiger charge is -2.40. The van der Waals surface area contributed by atoms with Crippen molar-refractivity contribution in [3.8, 4) is 0 Å². The second-order valence-corrected chi connectivity index (χ2v) is 6.36. The summed E-state index contributed by atoms with van der Waals surface area (Å²) >= 11 is 1.18. The molecule has 2 N–H and O–H groups in total. The summed E-state index contributed by atoms with van der Waals surface area (Å²) in [6.07, 6.45) is 4.71. The minimum absolute atomic E-state index is 0.114. The van der Waals surface area contributed by atoms with Gasteiger partial charge in [-0.3, -0.25) is 0 Å². The van der Waals surface area contributed by atoms with E-state index < -0.39 is 5.97 Å². The highest BCUT2D eigenvalue weighted by Crippen LogP contribution is 2.37. The molecule has 0 unspecified atom stereocenters. The van der Waals surface area contributed by atoms with E-state index in [4.69, 9.17) is 4.74 Å². The first-order chi connectivity index (χ1) is 10.1. The molecule has 6 nitrogen and oxygen atoms in total. The molecule has 1 saturated carbocycles. The molecule has 1 fully saturated rings. The second kappa shape index (κ2) is 5.23. The monoisotopic (exact) mass is 307 g/mol. The molecule has 0 radical (unpaired) electrons. The molecular weight excluding hydrogens is 290 g/mol. The number of carbonyl (C=O) groups is 1. The van der Waals surface area contributed by atoms with Gasteiger partial charge in [-0.2, -0.15) is 0 Å². The zero-order valence-electron chi connectivity index (χ0n) is 12.0. The lowest BCUT2D eigenvalue weighted by Crippen LogP contribution is -2.45. The van der Waals surface area contributed by atoms with Gasteiger partial charge in [0.2, 0.25) is 0 Å². The van der Waals surface area contributed by atoms with Crippen molar-refractivity contribution in [2.75, 3.05) is 19.0 Å². The van der Waals surface area contributed by atoms with E-state index in [0.717, 1.165) is 18.2 Å². The van der Waals surface area contributed by atoms with Crippen LogP contribution in [0.15, 0.2) is 6.33 Å². The molecule has 0 amide bonds. The number of aromatic nitrogens is 2. The highest BCUT2D eigenvalue weighted by molar-refractivity contribution is 7.20. The van der Waals surface area contributed by atoms with E-state index in [1.165, 1.54) is 24.1 Å². The van der Waals surface area contributed by atoms with Gasteiger partial charge in [0.1, 0.15) is 21.9 Å². The first-order valence-corrected chi connectivity index (χ1v) is 7.64. The smallest absolute Gasteiger partial charge is 0.346 e. The van der Waals surface area contributed by atoms with Crippen LogP contribution < -0.4 is 5.32 Å². The summed E-state index contributed by atoms with van der Waals surface area (Å²) < 4.78 is 5.58. The van der Waals surface area contributed by atoms with Crippen LogP contribution in [0.5, 0.6) is 0 Å². The highest BCUT2D eigenvalue weighted by Gasteiger charge is 2.37. The molecule has 1 aliphatic carbocycles. The second-order valence-electron chi connectivity index (χ2n) is 5.36. The van der Waals surface area contributed by atoms with Gasteiger partial charge in [-0.25, -0.2) is 14.8 Å². The lowest BCUT2D eigenvalue weighted by atomic mass is 9.80. The quantitative estimate of drug-likeness (QED) is 0.883. The SMILES string of the molecule is COC1(CNc2ncnc3sc(C(=O)O)c(C)c23)CCC1. The van der Waals surface area contributed by atoms with Gasteiger partial charge >= 0.3 is 5.97 Å². The molecule has 2 aromatic heterocycles. The minimum Gasteiger partial charge on any atom is -0.477 e. The Morgan fingerprint density at radius 3 is 2.86 bits per heavy atom. The van der Waals surface area contributed by atoms with Gasteiger partial charge < -0.3 is 15.2 Å². The zero-order chi connectivity index (χ0) is 15.0. The van der Waals surface area contributed by atoms with E-state index in [2.05, 4.69) is 15.3 Å². The van der Waals surface area contributed by atoms with Crippen molar-refractivity contribution in [1.82, 2.24) is 9.97 Å². The van der Waals surface area contributed by atoms with E-state index in [-0.39, 0.29) is 5.60 Å². The number of thiophene rings is 1. The number of aryl methyl sites for hydroxylation is 1. The summed E-state index contributed by atoms with van der Waals surface area (Å²) in [6, 6.07) is 0. The summed E-state index contributed by atoms with van der Waals surface area (Å²) in [5, 5.41) is 13.3. The number of methoxy groups -OCH3 is 1. The molecule has 0 saturated heterocycles. The van der Waals surface area contributed by atoms with Gasteiger partial charge in [0.25, 0.3) is 0 Å². The van der Waals surface area contributed by atoms with Crippen LogP contribution in [0.2, 0.25) is 0 Å². The maximum absolute atomic E-state index is 11.2. The van der Waals surface area contributed by atoms with Crippen LogP contribution in [0, 0.1) is 6.92 Å². The molecule has 2 heterocycles. The van der Waals surface area contributed by atoms with Gasteiger partial charge in [0.05, 0.1) is 11.0 Å². The Morgan fingerprint density at radius 1 is 1.52 bits per heavy atom. The van der Waals surface area contributed by atoms with Crippen LogP contribution in [0.4, 0.5) is 5.82 Å². The Kier molecular flexibility index (Phi) is 3.54. The maximum atomic E-state index is 11.2. The molecule has 0 aliphatic heterocycles. The first-order valence-electron chi connectivity index (χ1n) is 6.83. The predicted octanol–water partition coefficient (Wildman–Crippen LogP) is 2.68. The van der Waals surface area contributed by atoms with E-state index >= 15 is 0 Å². The summed E-state index contributed by atoms with van der Waals surface area (Å²) in [7, 11) is 1.73. The van der Waals surface area contributed by atoms with Crippen molar-refractivity contribution in [2.24, 2.45) is 0 Å². The number of aromatic carboxylic acids is 1. The molecule has 0 spiro atoms. The first kappa shape index (κ1) is 14.2. The summed E-state index contributed by atoms with van der Waals surface area (Å²) in [6.45, 7) is 2.47. The van der Waals surface area contributed by atoms with Crippen LogP contribution in [-0.2, 0) is 4.74 Å². The molecule has 0 aromatic carbocycles. The molecule has 3 rings (SSSR count). The molecule has 0 atom stereocenters. The van der Waals surface area contributed by atoms with Gasteiger partial charge in [-0.1, -0.05) is 0 Å². The van der Waals surface area contributed by atoms with E-state index in [9.17, 15) is 9.90 Å². The number of anilines is 1. The summed E-state index contributed by atoms with van der Waals surface area (Å²) in [5.74, 6) is -0.238. The number of hydrogen-bond acceptors (Lipinski definition) is 6. The van der Waals surface area contributed by atoms with E-state index in [1.54, 1.807) is 14.0 Å². The number of nitrogens with zero attached hydrogens (tertiary/aromatic N) is 2. The van der Waals surface area contributed by atoms with E-state index in [0.29, 0.717) is 27.6 Å². The van der Waals surface area contributed by atoms with Crippen LogP contribution in [-0.4, -0.2) is 40.3 Å². The molecule has 1 aliphatic rings. The highest BCUT2D eigenvalue weighted by atomic mass is 32.1. The number of ether oxygens (including phenoxy) is 1. The number of carboxylic acid groups (broad SMARTS) is 1. The summed E-state index contributed by atoms with van der Waals surface area (Å²) in [5.41, 5.74) is 0.599. The van der Waals surface area contributed by atoms with Crippen molar-refractivity contribution in [2.45, 2.75) is 31.8 Å². The molecular formula is C14H17N3O3S. The number of fused-ring (bicyclic) bond motifs is 1. The van der Waals surface area contributed by atoms with Crippen molar-refractivity contribution in [1.29, 1.82) is 0 Å². The fourth-order valence-electron chi connectivity index (χ4n) is 2.68. The normalized spacial score (nSPS) is 16.7. The lowest BCUT2D eigenvalue weighted by molar-refractivity contribution is -0.0601. The fourth-order valence-corrected chi connectivity index (χ4v) is 3.67. The van der Waals surface area contributed by atoms with Gasteiger partial charge in [-0.15, -0.1) is 11.3 Å².